The Kier molecular flexibility index (Phi) is 4.90. The number of anilines is 1. The summed E-state index contributed by atoms with van der Waals surface area (Å²) in [4.78, 5) is 11.8. The highest BCUT2D eigenvalue weighted by molar-refractivity contribution is 5.92. The largest absolute Gasteiger partial charge is 0.508 e. The third kappa shape index (κ3) is 4.29. The number of carbonyl (C=O) groups excluding carboxylic acids is 1. The van der Waals surface area contributed by atoms with Gasteiger partial charge in [0.2, 0.25) is 5.91 Å². The van der Waals surface area contributed by atoms with Gasteiger partial charge in [0, 0.05) is 17.3 Å². The van der Waals surface area contributed by atoms with E-state index in [1.165, 1.54) is 18.2 Å². The zero-order chi connectivity index (χ0) is 15.2. The SMILES string of the molecule is CC(NCC(=O)Nc1ccc(O)cc1)c1ccccc1F. The lowest BCUT2D eigenvalue weighted by atomic mass is 10.1. The van der Waals surface area contributed by atoms with Crippen molar-refractivity contribution >= 4 is 11.6 Å². The molecule has 2 rings (SSSR count). The molecule has 0 aliphatic heterocycles. The first-order chi connectivity index (χ1) is 10.1. The van der Waals surface area contributed by atoms with Crippen LogP contribution in [-0.2, 0) is 4.79 Å². The van der Waals surface area contributed by atoms with Crippen molar-refractivity contribution in [3.05, 3.63) is 59.9 Å². The van der Waals surface area contributed by atoms with Gasteiger partial charge in [-0.25, -0.2) is 4.39 Å². The third-order valence-electron chi connectivity index (χ3n) is 3.09. The number of hydrogen-bond donors (Lipinski definition) is 3. The van der Waals surface area contributed by atoms with Gasteiger partial charge < -0.3 is 15.7 Å². The molecule has 1 atom stereocenters. The molecule has 5 heteroatoms. The van der Waals surface area contributed by atoms with Gasteiger partial charge in [0.05, 0.1) is 6.54 Å². The van der Waals surface area contributed by atoms with Crippen molar-refractivity contribution in [2.45, 2.75) is 13.0 Å². The quantitative estimate of drug-likeness (QED) is 0.741. The predicted octanol–water partition coefficient (Wildman–Crippen LogP) is 2.82. The van der Waals surface area contributed by atoms with Gasteiger partial charge in [0.25, 0.3) is 0 Å². The second-order valence-electron chi connectivity index (χ2n) is 4.72. The Balaban J connectivity index is 1.86. The Hall–Kier alpha value is -2.40. The molecule has 0 aliphatic carbocycles. The lowest BCUT2D eigenvalue weighted by molar-refractivity contribution is -0.115. The molecule has 0 bridgehead atoms. The number of phenols is 1. The van der Waals surface area contributed by atoms with Crippen LogP contribution >= 0.6 is 0 Å². The van der Waals surface area contributed by atoms with Crippen LogP contribution in [0, 0.1) is 5.82 Å². The van der Waals surface area contributed by atoms with Crippen LogP contribution in [0.5, 0.6) is 5.75 Å². The molecular weight excluding hydrogens is 271 g/mol. The molecule has 2 aromatic rings. The highest BCUT2D eigenvalue weighted by Crippen LogP contribution is 2.16. The molecule has 0 aliphatic rings. The molecule has 110 valence electrons. The van der Waals surface area contributed by atoms with Crippen LogP contribution in [0.15, 0.2) is 48.5 Å². The van der Waals surface area contributed by atoms with E-state index >= 15 is 0 Å². The minimum Gasteiger partial charge on any atom is -0.508 e. The summed E-state index contributed by atoms with van der Waals surface area (Å²) < 4.78 is 13.6. The maximum atomic E-state index is 13.6. The van der Waals surface area contributed by atoms with Crippen LogP contribution in [0.3, 0.4) is 0 Å². The minimum absolute atomic E-state index is 0.0659. The maximum absolute atomic E-state index is 13.6. The topological polar surface area (TPSA) is 61.4 Å². The van der Waals surface area contributed by atoms with Crippen LogP contribution < -0.4 is 10.6 Å². The average molecular weight is 288 g/mol. The van der Waals surface area contributed by atoms with E-state index in [0.29, 0.717) is 11.3 Å². The Bertz CT molecular complexity index is 614. The number of benzene rings is 2. The first kappa shape index (κ1) is 15.0. The highest BCUT2D eigenvalue weighted by Gasteiger charge is 2.11. The van der Waals surface area contributed by atoms with Crippen molar-refractivity contribution in [1.82, 2.24) is 5.32 Å². The summed E-state index contributed by atoms with van der Waals surface area (Å²) in [6.07, 6.45) is 0. The lowest BCUT2D eigenvalue weighted by Gasteiger charge is -2.14. The monoisotopic (exact) mass is 288 g/mol. The second-order valence-corrected chi connectivity index (χ2v) is 4.72. The molecule has 0 saturated heterocycles. The number of aromatic hydroxyl groups is 1. The summed E-state index contributed by atoms with van der Waals surface area (Å²) in [7, 11) is 0. The Morgan fingerprint density at radius 2 is 1.86 bits per heavy atom. The van der Waals surface area contributed by atoms with E-state index < -0.39 is 0 Å². The Labute approximate surface area is 122 Å². The lowest BCUT2D eigenvalue weighted by Crippen LogP contribution is -2.30. The van der Waals surface area contributed by atoms with Crippen LogP contribution in [-0.4, -0.2) is 17.6 Å². The van der Waals surface area contributed by atoms with Crippen LogP contribution in [0.1, 0.15) is 18.5 Å². The van der Waals surface area contributed by atoms with E-state index in [1.807, 2.05) is 0 Å². The molecular formula is C16H17FN2O2. The molecule has 0 saturated carbocycles. The maximum Gasteiger partial charge on any atom is 0.238 e. The average Bonchev–Trinajstić information content (AvgIpc) is 2.48. The number of amides is 1. The van der Waals surface area contributed by atoms with Gasteiger partial charge in [-0.05, 0) is 37.3 Å². The predicted molar refractivity (Wildman–Crippen MR) is 79.6 cm³/mol. The number of rotatable bonds is 5. The van der Waals surface area contributed by atoms with E-state index in [4.69, 9.17) is 5.11 Å². The molecule has 4 nitrogen and oxygen atoms in total. The first-order valence-electron chi connectivity index (χ1n) is 6.63. The smallest absolute Gasteiger partial charge is 0.238 e. The number of phenolic OH excluding ortho intramolecular Hbond substituents is 1. The normalized spacial score (nSPS) is 11.9. The summed E-state index contributed by atoms with van der Waals surface area (Å²) in [5.41, 5.74) is 1.12. The molecule has 1 unspecified atom stereocenters. The highest BCUT2D eigenvalue weighted by atomic mass is 19.1. The van der Waals surface area contributed by atoms with Crippen LogP contribution in [0.4, 0.5) is 10.1 Å². The summed E-state index contributed by atoms with van der Waals surface area (Å²) in [6.45, 7) is 1.86. The molecule has 2 aromatic carbocycles. The van der Waals surface area contributed by atoms with Gasteiger partial charge in [-0.1, -0.05) is 18.2 Å². The van der Waals surface area contributed by atoms with Crippen molar-refractivity contribution in [3.8, 4) is 5.75 Å². The van der Waals surface area contributed by atoms with Gasteiger partial charge in [0.1, 0.15) is 11.6 Å². The van der Waals surface area contributed by atoms with Gasteiger partial charge in [-0.3, -0.25) is 4.79 Å². The zero-order valence-electron chi connectivity index (χ0n) is 11.6. The fraction of sp³-hybridized carbons (Fsp3) is 0.188. The first-order valence-corrected chi connectivity index (χ1v) is 6.63. The standard InChI is InChI=1S/C16H17FN2O2/c1-11(14-4-2-3-5-15(14)17)18-10-16(21)19-12-6-8-13(20)9-7-12/h2-9,11,18,20H,10H2,1H3,(H,19,21). The van der Waals surface area contributed by atoms with Gasteiger partial charge in [-0.2, -0.15) is 0 Å². The molecule has 3 N–H and O–H groups in total. The van der Waals surface area contributed by atoms with Crippen molar-refractivity contribution in [1.29, 1.82) is 0 Å². The molecule has 1 amide bonds. The van der Waals surface area contributed by atoms with E-state index in [9.17, 15) is 9.18 Å². The fourth-order valence-electron chi connectivity index (χ4n) is 1.93. The summed E-state index contributed by atoms with van der Waals surface area (Å²) in [5.74, 6) is -0.389. The van der Waals surface area contributed by atoms with E-state index in [1.54, 1.807) is 37.3 Å². The van der Waals surface area contributed by atoms with Gasteiger partial charge in [0.15, 0.2) is 0 Å². The van der Waals surface area contributed by atoms with E-state index in [2.05, 4.69) is 10.6 Å². The van der Waals surface area contributed by atoms with Crippen molar-refractivity contribution in [2.24, 2.45) is 0 Å². The Morgan fingerprint density at radius 3 is 2.52 bits per heavy atom. The van der Waals surface area contributed by atoms with Crippen molar-refractivity contribution in [2.75, 3.05) is 11.9 Å². The van der Waals surface area contributed by atoms with Crippen LogP contribution in [0.2, 0.25) is 0 Å². The molecule has 0 fully saturated rings. The van der Waals surface area contributed by atoms with E-state index in [-0.39, 0.29) is 30.1 Å². The number of nitrogens with one attached hydrogen (secondary N) is 2. The van der Waals surface area contributed by atoms with E-state index in [0.717, 1.165) is 0 Å². The zero-order valence-corrected chi connectivity index (χ0v) is 11.6. The van der Waals surface area contributed by atoms with Crippen molar-refractivity contribution < 1.29 is 14.3 Å². The Morgan fingerprint density at radius 1 is 1.19 bits per heavy atom. The molecule has 0 radical (unpaired) electrons. The van der Waals surface area contributed by atoms with Gasteiger partial charge in [-0.15, -0.1) is 0 Å². The summed E-state index contributed by atoms with van der Waals surface area (Å²) in [5, 5.41) is 14.8. The molecule has 0 spiro atoms. The van der Waals surface area contributed by atoms with Crippen molar-refractivity contribution in [3.63, 3.8) is 0 Å². The fourth-order valence-corrected chi connectivity index (χ4v) is 1.93. The molecule has 0 heterocycles. The third-order valence-corrected chi connectivity index (χ3v) is 3.09. The molecule has 0 aromatic heterocycles. The summed E-state index contributed by atoms with van der Waals surface area (Å²) in [6, 6.07) is 12.4. The number of hydrogen-bond acceptors (Lipinski definition) is 3. The summed E-state index contributed by atoms with van der Waals surface area (Å²) >= 11 is 0. The molecule has 21 heavy (non-hydrogen) atoms. The number of halogens is 1. The second kappa shape index (κ2) is 6.85. The van der Waals surface area contributed by atoms with Crippen LogP contribution in [0.25, 0.3) is 0 Å². The van der Waals surface area contributed by atoms with Gasteiger partial charge >= 0.3 is 0 Å². The minimum atomic E-state index is -0.295. The number of carbonyl (C=O) groups is 1.